The summed E-state index contributed by atoms with van der Waals surface area (Å²) in [5.74, 6) is 3.32. The minimum absolute atomic E-state index is 0. The SMILES string of the molecule is CCNC(=NCc1nnc2ccccn12)NC1CCc2nc(COC)nn2C1.I. The number of pyridine rings is 1. The van der Waals surface area contributed by atoms with Crippen molar-refractivity contribution < 1.29 is 4.74 Å². The van der Waals surface area contributed by atoms with E-state index in [1.807, 2.05) is 33.5 Å². The zero-order chi connectivity index (χ0) is 19.3. The number of aryl methyl sites for hydroxylation is 1. The molecule has 1 aliphatic heterocycles. The highest BCUT2D eigenvalue weighted by Gasteiger charge is 2.22. The van der Waals surface area contributed by atoms with Gasteiger partial charge >= 0.3 is 0 Å². The monoisotopic (exact) mass is 511 g/mol. The minimum Gasteiger partial charge on any atom is -0.377 e. The number of hydrogen-bond acceptors (Lipinski definition) is 6. The fourth-order valence-corrected chi connectivity index (χ4v) is 3.33. The van der Waals surface area contributed by atoms with Gasteiger partial charge in [0.2, 0.25) is 0 Å². The van der Waals surface area contributed by atoms with Gasteiger partial charge in [-0.3, -0.25) is 4.40 Å². The van der Waals surface area contributed by atoms with Crippen molar-refractivity contribution >= 4 is 35.6 Å². The first-order valence-corrected chi connectivity index (χ1v) is 9.52. The van der Waals surface area contributed by atoms with E-state index >= 15 is 0 Å². The summed E-state index contributed by atoms with van der Waals surface area (Å²) in [7, 11) is 1.65. The topological polar surface area (TPSA) is 107 Å². The van der Waals surface area contributed by atoms with Crippen molar-refractivity contribution in [2.45, 2.75) is 45.5 Å². The quantitative estimate of drug-likeness (QED) is 0.291. The van der Waals surface area contributed by atoms with Gasteiger partial charge in [0, 0.05) is 32.3 Å². The lowest BCUT2D eigenvalue weighted by molar-refractivity contribution is 0.177. The van der Waals surface area contributed by atoms with E-state index in [2.05, 4.69) is 37.8 Å². The van der Waals surface area contributed by atoms with Gasteiger partial charge in [-0.15, -0.1) is 34.2 Å². The van der Waals surface area contributed by atoms with Crippen LogP contribution < -0.4 is 10.6 Å². The van der Waals surface area contributed by atoms with E-state index in [0.717, 1.165) is 55.0 Å². The van der Waals surface area contributed by atoms with Gasteiger partial charge in [0.1, 0.15) is 19.0 Å². The molecule has 4 rings (SSSR count). The van der Waals surface area contributed by atoms with Crippen LogP contribution in [0, 0.1) is 0 Å². The number of nitrogens with one attached hydrogen (secondary N) is 2. The first-order chi connectivity index (χ1) is 13.8. The molecule has 1 unspecified atom stereocenters. The molecule has 4 heterocycles. The Kier molecular flexibility index (Phi) is 7.36. The highest BCUT2D eigenvalue weighted by atomic mass is 127. The van der Waals surface area contributed by atoms with Crippen LogP contribution in [0.15, 0.2) is 29.4 Å². The van der Waals surface area contributed by atoms with Crippen molar-refractivity contribution in [2.75, 3.05) is 13.7 Å². The number of ether oxygens (including phenoxy) is 1. The molecule has 0 fully saturated rings. The number of aliphatic imine (C=N–C) groups is 1. The van der Waals surface area contributed by atoms with Crippen molar-refractivity contribution in [3.63, 3.8) is 0 Å². The van der Waals surface area contributed by atoms with Crippen molar-refractivity contribution in [3.8, 4) is 0 Å². The molecule has 0 aromatic carbocycles. The maximum Gasteiger partial charge on any atom is 0.191 e. The number of hydrogen-bond donors (Lipinski definition) is 2. The zero-order valence-corrected chi connectivity index (χ0v) is 18.9. The Balaban J connectivity index is 0.00000240. The van der Waals surface area contributed by atoms with Gasteiger partial charge in [-0.2, -0.15) is 5.10 Å². The number of fused-ring (bicyclic) bond motifs is 2. The maximum absolute atomic E-state index is 5.13. The molecule has 2 N–H and O–H groups in total. The molecule has 29 heavy (non-hydrogen) atoms. The van der Waals surface area contributed by atoms with E-state index < -0.39 is 0 Å². The molecule has 0 spiro atoms. The molecule has 156 valence electrons. The van der Waals surface area contributed by atoms with Crippen LogP contribution in [0.2, 0.25) is 0 Å². The average Bonchev–Trinajstić information content (AvgIpc) is 3.30. The summed E-state index contributed by atoms with van der Waals surface area (Å²) in [5, 5.41) is 19.8. The van der Waals surface area contributed by atoms with Gasteiger partial charge < -0.3 is 15.4 Å². The Morgan fingerprint density at radius 1 is 1.34 bits per heavy atom. The normalized spacial score (nSPS) is 16.3. The molecule has 11 heteroatoms. The van der Waals surface area contributed by atoms with E-state index in [4.69, 9.17) is 9.73 Å². The Labute approximate surface area is 186 Å². The summed E-state index contributed by atoms with van der Waals surface area (Å²) >= 11 is 0. The third-order valence-electron chi connectivity index (χ3n) is 4.62. The molecule has 3 aromatic rings. The summed E-state index contributed by atoms with van der Waals surface area (Å²) < 4.78 is 9.05. The lowest BCUT2D eigenvalue weighted by atomic mass is 10.1. The third kappa shape index (κ3) is 5.01. The van der Waals surface area contributed by atoms with Crippen LogP contribution in [-0.2, 0) is 30.9 Å². The smallest absolute Gasteiger partial charge is 0.191 e. The second kappa shape index (κ2) is 9.96. The highest BCUT2D eigenvalue weighted by Crippen LogP contribution is 2.13. The zero-order valence-electron chi connectivity index (χ0n) is 16.6. The van der Waals surface area contributed by atoms with E-state index in [1.165, 1.54) is 0 Å². The molecule has 10 nitrogen and oxygen atoms in total. The highest BCUT2D eigenvalue weighted by molar-refractivity contribution is 14.0. The Hall–Kier alpha value is -2.28. The molecule has 1 aliphatic rings. The molecule has 0 bridgehead atoms. The summed E-state index contributed by atoms with van der Waals surface area (Å²) in [6.07, 6.45) is 3.80. The molecule has 0 amide bonds. The van der Waals surface area contributed by atoms with Crippen LogP contribution in [0.4, 0.5) is 0 Å². The van der Waals surface area contributed by atoms with E-state index in [1.54, 1.807) is 7.11 Å². The summed E-state index contributed by atoms with van der Waals surface area (Å²) in [5.41, 5.74) is 0.823. The van der Waals surface area contributed by atoms with Gasteiger partial charge in [0.25, 0.3) is 0 Å². The van der Waals surface area contributed by atoms with Crippen LogP contribution in [0.1, 0.15) is 30.8 Å². The average molecular weight is 511 g/mol. The Morgan fingerprint density at radius 3 is 3.07 bits per heavy atom. The van der Waals surface area contributed by atoms with Crippen molar-refractivity contribution in [3.05, 3.63) is 41.9 Å². The van der Waals surface area contributed by atoms with Crippen LogP contribution in [-0.4, -0.2) is 55.0 Å². The largest absolute Gasteiger partial charge is 0.377 e. The number of aromatic nitrogens is 6. The number of methoxy groups -OCH3 is 1. The Bertz CT molecular complexity index is 967. The lowest BCUT2D eigenvalue weighted by Crippen LogP contribution is -2.47. The van der Waals surface area contributed by atoms with Gasteiger partial charge in [-0.05, 0) is 25.5 Å². The molecule has 0 radical (unpaired) electrons. The Morgan fingerprint density at radius 2 is 2.24 bits per heavy atom. The molecule has 1 atom stereocenters. The van der Waals surface area contributed by atoms with Crippen molar-refractivity contribution in [2.24, 2.45) is 4.99 Å². The minimum atomic E-state index is 0. The van der Waals surface area contributed by atoms with E-state index in [-0.39, 0.29) is 30.0 Å². The van der Waals surface area contributed by atoms with Gasteiger partial charge in [0.05, 0.1) is 6.54 Å². The first-order valence-electron chi connectivity index (χ1n) is 9.52. The fourth-order valence-electron chi connectivity index (χ4n) is 3.33. The predicted octanol–water partition coefficient (Wildman–Crippen LogP) is 1.16. The van der Waals surface area contributed by atoms with Crippen molar-refractivity contribution in [1.29, 1.82) is 0 Å². The first kappa shape index (κ1) is 21.4. The molecule has 0 aliphatic carbocycles. The van der Waals surface area contributed by atoms with Gasteiger partial charge in [0.15, 0.2) is 23.3 Å². The molecular formula is C18H26IN9O. The summed E-state index contributed by atoms with van der Waals surface area (Å²) in [6, 6.07) is 6.07. The van der Waals surface area contributed by atoms with E-state index in [0.29, 0.717) is 13.2 Å². The van der Waals surface area contributed by atoms with Gasteiger partial charge in [-0.25, -0.2) is 14.7 Å². The second-order valence-electron chi connectivity index (χ2n) is 6.68. The number of halogens is 1. The maximum atomic E-state index is 5.13. The molecule has 0 saturated heterocycles. The fraction of sp³-hybridized carbons (Fsp3) is 0.500. The number of rotatable bonds is 6. The molecule has 0 saturated carbocycles. The summed E-state index contributed by atoms with van der Waals surface area (Å²) in [6.45, 7) is 4.47. The molecule has 3 aromatic heterocycles. The van der Waals surface area contributed by atoms with Crippen molar-refractivity contribution in [1.82, 2.24) is 40.0 Å². The standard InChI is InChI=1S/C18H25N9O.HI/c1-3-19-18(20-10-17-24-23-16-6-4-5-9-26(16)17)21-13-7-8-15-22-14(12-28-2)25-27(15)11-13;/h4-6,9,13H,3,7-8,10-12H2,1-2H3,(H2,19,20,21);1H. The van der Waals surface area contributed by atoms with Crippen LogP contribution in [0.5, 0.6) is 0 Å². The number of guanidine groups is 1. The second-order valence-corrected chi connectivity index (χ2v) is 6.68. The van der Waals surface area contributed by atoms with Gasteiger partial charge in [-0.1, -0.05) is 6.07 Å². The number of nitrogens with zero attached hydrogens (tertiary/aromatic N) is 7. The van der Waals surface area contributed by atoms with Crippen LogP contribution >= 0.6 is 24.0 Å². The van der Waals surface area contributed by atoms with Crippen LogP contribution in [0.25, 0.3) is 5.65 Å². The predicted molar refractivity (Wildman–Crippen MR) is 119 cm³/mol. The third-order valence-corrected chi connectivity index (χ3v) is 4.62. The lowest BCUT2D eigenvalue weighted by Gasteiger charge is -2.25. The molecular weight excluding hydrogens is 485 g/mol. The van der Waals surface area contributed by atoms with Crippen LogP contribution in [0.3, 0.4) is 0 Å². The summed E-state index contributed by atoms with van der Waals surface area (Å²) in [4.78, 5) is 9.22. The van der Waals surface area contributed by atoms with E-state index in [9.17, 15) is 0 Å².